The van der Waals surface area contributed by atoms with Gasteiger partial charge in [-0.1, -0.05) is 31.2 Å². The smallest absolute Gasteiger partial charge is 0.323 e. The van der Waals surface area contributed by atoms with Crippen molar-refractivity contribution in [2.45, 2.75) is 51.1 Å². The second kappa shape index (κ2) is 7.05. The molecule has 0 fully saturated rings. The number of aryl methyl sites for hydroxylation is 1. The summed E-state index contributed by atoms with van der Waals surface area (Å²) in [6, 6.07) is 8.61. The molecule has 0 aromatic heterocycles. The molecule has 0 aliphatic carbocycles. The average Bonchev–Trinajstić information content (AvgIpc) is 2.68. The lowest BCUT2D eigenvalue weighted by Crippen LogP contribution is -2.47. The molecule has 0 spiro atoms. The Balaban J connectivity index is 1.88. The van der Waals surface area contributed by atoms with Crippen LogP contribution in [0.3, 0.4) is 0 Å². The number of nitrogens with zero attached hydrogens (tertiary/aromatic N) is 1. The first kappa shape index (κ1) is 16.0. The number of hydrogen-bond acceptors (Lipinski definition) is 3. The van der Waals surface area contributed by atoms with E-state index in [1.807, 2.05) is 6.92 Å². The molecular weight excluding hydrogens is 264 g/mol. The minimum atomic E-state index is -1.07. The third kappa shape index (κ3) is 4.05. The van der Waals surface area contributed by atoms with Crippen LogP contribution in [0, 0.1) is 0 Å². The van der Waals surface area contributed by atoms with Gasteiger partial charge in [-0.3, -0.25) is 9.69 Å². The summed E-state index contributed by atoms with van der Waals surface area (Å²) in [4.78, 5) is 13.6. The van der Waals surface area contributed by atoms with Crippen molar-refractivity contribution in [2.24, 2.45) is 5.73 Å². The summed E-state index contributed by atoms with van der Waals surface area (Å²) >= 11 is 0. The van der Waals surface area contributed by atoms with Crippen LogP contribution in [0.25, 0.3) is 0 Å². The van der Waals surface area contributed by atoms with Gasteiger partial charge >= 0.3 is 5.97 Å². The molecule has 4 heteroatoms. The molecule has 116 valence electrons. The van der Waals surface area contributed by atoms with Crippen molar-refractivity contribution < 1.29 is 9.90 Å². The lowest BCUT2D eigenvalue weighted by atomic mass is 9.92. The van der Waals surface area contributed by atoms with Crippen molar-refractivity contribution in [3.8, 4) is 0 Å². The standard InChI is InChI=1S/C17H26N2O2/c1-2-17(18,16(20)21)10-6-12-19-11-5-9-14-7-3-4-8-15(14)13-19/h3-4,7-8H,2,5-6,9-13,18H2,1H3,(H,20,21). The van der Waals surface area contributed by atoms with Gasteiger partial charge in [0.15, 0.2) is 0 Å². The summed E-state index contributed by atoms with van der Waals surface area (Å²) in [5, 5.41) is 9.21. The van der Waals surface area contributed by atoms with Crippen molar-refractivity contribution in [3.05, 3.63) is 35.4 Å². The Morgan fingerprint density at radius 1 is 1.38 bits per heavy atom. The van der Waals surface area contributed by atoms with Gasteiger partial charge < -0.3 is 10.8 Å². The van der Waals surface area contributed by atoms with Gasteiger partial charge in [-0.05, 0) is 56.3 Å². The van der Waals surface area contributed by atoms with Gasteiger partial charge in [0, 0.05) is 6.54 Å². The van der Waals surface area contributed by atoms with Gasteiger partial charge in [0.05, 0.1) is 0 Å². The van der Waals surface area contributed by atoms with E-state index in [0.29, 0.717) is 12.8 Å². The van der Waals surface area contributed by atoms with Crippen LogP contribution in [0.5, 0.6) is 0 Å². The Kier molecular flexibility index (Phi) is 5.37. The lowest BCUT2D eigenvalue weighted by Gasteiger charge is -2.25. The normalized spacial score (nSPS) is 18.6. The van der Waals surface area contributed by atoms with Crippen LogP contribution < -0.4 is 5.73 Å². The van der Waals surface area contributed by atoms with Gasteiger partial charge in [-0.2, -0.15) is 0 Å². The van der Waals surface area contributed by atoms with Crippen molar-refractivity contribution in [1.82, 2.24) is 4.90 Å². The highest BCUT2D eigenvalue weighted by Gasteiger charge is 2.31. The zero-order chi connectivity index (χ0) is 15.3. The van der Waals surface area contributed by atoms with E-state index in [1.165, 1.54) is 11.1 Å². The molecule has 1 aromatic rings. The number of benzene rings is 1. The van der Waals surface area contributed by atoms with Crippen molar-refractivity contribution in [1.29, 1.82) is 0 Å². The first-order valence-corrected chi connectivity index (χ1v) is 7.86. The number of nitrogens with two attached hydrogens (primary N) is 1. The van der Waals surface area contributed by atoms with Gasteiger partial charge in [0.1, 0.15) is 5.54 Å². The fraction of sp³-hybridized carbons (Fsp3) is 0.588. The number of carboxylic acid groups (broad SMARTS) is 1. The molecule has 0 saturated heterocycles. The molecule has 0 radical (unpaired) electrons. The van der Waals surface area contributed by atoms with Gasteiger partial charge in [0.2, 0.25) is 0 Å². The second-order valence-corrected chi connectivity index (χ2v) is 6.07. The molecule has 0 amide bonds. The number of fused-ring (bicyclic) bond motifs is 1. The van der Waals surface area contributed by atoms with E-state index in [0.717, 1.165) is 38.9 Å². The summed E-state index contributed by atoms with van der Waals surface area (Å²) in [7, 11) is 0. The first-order chi connectivity index (χ1) is 10.0. The number of aliphatic carboxylic acids is 1. The molecule has 3 N–H and O–H groups in total. The molecular formula is C17H26N2O2. The van der Waals surface area contributed by atoms with Crippen LogP contribution in [-0.4, -0.2) is 34.6 Å². The molecule has 1 heterocycles. The predicted molar refractivity (Wildman–Crippen MR) is 84.1 cm³/mol. The summed E-state index contributed by atoms with van der Waals surface area (Å²) < 4.78 is 0. The summed E-state index contributed by atoms with van der Waals surface area (Å²) in [6.07, 6.45) is 4.15. The molecule has 1 aliphatic rings. The second-order valence-electron chi connectivity index (χ2n) is 6.07. The molecule has 2 rings (SSSR count). The van der Waals surface area contributed by atoms with Gasteiger partial charge in [-0.25, -0.2) is 0 Å². The van der Waals surface area contributed by atoms with Gasteiger partial charge in [-0.15, -0.1) is 0 Å². The average molecular weight is 290 g/mol. The summed E-state index contributed by atoms with van der Waals surface area (Å²) in [6.45, 7) is 4.80. The summed E-state index contributed by atoms with van der Waals surface area (Å²) in [5.74, 6) is -0.883. The van der Waals surface area contributed by atoms with Crippen LogP contribution in [-0.2, 0) is 17.8 Å². The Hall–Kier alpha value is -1.39. The number of rotatable bonds is 6. The van der Waals surface area contributed by atoms with E-state index in [1.54, 1.807) is 0 Å². The monoisotopic (exact) mass is 290 g/mol. The van der Waals surface area contributed by atoms with Crippen molar-refractivity contribution in [2.75, 3.05) is 13.1 Å². The highest BCUT2D eigenvalue weighted by atomic mass is 16.4. The molecule has 1 unspecified atom stereocenters. The zero-order valence-electron chi connectivity index (χ0n) is 12.8. The predicted octanol–water partition coefficient (Wildman–Crippen LogP) is 2.41. The highest BCUT2D eigenvalue weighted by molar-refractivity contribution is 5.78. The first-order valence-electron chi connectivity index (χ1n) is 7.86. The summed E-state index contributed by atoms with van der Waals surface area (Å²) in [5.41, 5.74) is 7.74. The Labute approximate surface area is 126 Å². The zero-order valence-corrected chi connectivity index (χ0v) is 12.8. The Morgan fingerprint density at radius 3 is 2.76 bits per heavy atom. The molecule has 1 aliphatic heterocycles. The number of carbonyl (C=O) groups is 1. The van der Waals surface area contributed by atoms with E-state index in [4.69, 9.17) is 5.73 Å². The number of carboxylic acids is 1. The molecule has 4 nitrogen and oxygen atoms in total. The van der Waals surface area contributed by atoms with E-state index in [2.05, 4.69) is 29.2 Å². The van der Waals surface area contributed by atoms with Crippen LogP contribution >= 0.6 is 0 Å². The topological polar surface area (TPSA) is 66.6 Å². The van der Waals surface area contributed by atoms with E-state index in [-0.39, 0.29) is 0 Å². The molecule has 1 aromatic carbocycles. The van der Waals surface area contributed by atoms with E-state index < -0.39 is 11.5 Å². The van der Waals surface area contributed by atoms with Crippen LogP contribution in [0.1, 0.15) is 43.7 Å². The van der Waals surface area contributed by atoms with Crippen LogP contribution in [0.2, 0.25) is 0 Å². The Bertz CT molecular complexity index is 489. The molecule has 1 atom stereocenters. The Morgan fingerprint density at radius 2 is 2.10 bits per heavy atom. The van der Waals surface area contributed by atoms with E-state index in [9.17, 15) is 9.90 Å². The minimum absolute atomic E-state index is 0.477. The fourth-order valence-corrected chi connectivity index (χ4v) is 3.01. The van der Waals surface area contributed by atoms with E-state index >= 15 is 0 Å². The maximum atomic E-state index is 11.2. The maximum Gasteiger partial charge on any atom is 0.323 e. The quantitative estimate of drug-likeness (QED) is 0.844. The lowest BCUT2D eigenvalue weighted by molar-refractivity contribution is -0.143. The molecule has 21 heavy (non-hydrogen) atoms. The fourth-order valence-electron chi connectivity index (χ4n) is 3.01. The molecule has 0 saturated carbocycles. The van der Waals surface area contributed by atoms with Crippen LogP contribution in [0.4, 0.5) is 0 Å². The number of hydrogen-bond donors (Lipinski definition) is 2. The third-order valence-corrected chi connectivity index (χ3v) is 4.59. The van der Waals surface area contributed by atoms with Crippen LogP contribution in [0.15, 0.2) is 24.3 Å². The SMILES string of the molecule is CCC(N)(CCCN1CCCc2ccccc2C1)C(=O)O. The third-order valence-electron chi connectivity index (χ3n) is 4.59. The van der Waals surface area contributed by atoms with Crippen molar-refractivity contribution >= 4 is 5.97 Å². The minimum Gasteiger partial charge on any atom is -0.480 e. The largest absolute Gasteiger partial charge is 0.480 e. The maximum absolute atomic E-state index is 11.2. The highest BCUT2D eigenvalue weighted by Crippen LogP contribution is 2.20. The van der Waals surface area contributed by atoms with Gasteiger partial charge in [0.25, 0.3) is 0 Å². The van der Waals surface area contributed by atoms with Crippen molar-refractivity contribution in [3.63, 3.8) is 0 Å². The molecule has 0 bridgehead atoms.